The van der Waals surface area contributed by atoms with Gasteiger partial charge in [-0.3, -0.25) is 10.1 Å². The van der Waals surface area contributed by atoms with E-state index in [-0.39, 0.29) is 11.7 Å². The first-order chi connectivity index (χ1) is 11.1. The topological polar surface area (TPSA) is 87.8 Å². The van der Waals surface area contributed by atoms with Crippen molar-refractivity contribution in [3.8, 4) is 0 Å². The van der Waals surface area contributed by atoms with E-state index in [4.69, 9.17) is 0 Å². The highest BCUT2D eigenvalue weighted by atomic mass is 16.6. The zero-order valence-corrected chi connectivity index (χ0v) is 12.3. The summed E-state index contributed by atoms with van der Waals surface area (Å²) in [6, 6.07) is 11.3. The molecule has 0 fully saturated rings. The molecule has 0 radical (unpaired) electrons. The second kappa shape index (κ2) is 5.88. The second-order valence-corrected chi connectivity index (χ2v) is 5.19. The number of carbonyl (C=O) groups excluding carboxylic acids is 1. The minimum absolute atomic E-state index is 0.0398. The van der Waals surface area contributed by atoms with Gasteiger partial charge in [-0.2, -0.15) is 0 Å². The Hall–Kier alpha value is -3.22. The summed E-state index contributed by atoms with van der Waals surface area (Å²) < 4.78 is 0. The Kier molecular flexibility index (Phi) is 3.76. The second-order valence-electron chi connectivity index (χ2n) is 5.19. The molecule has 0 aliphatic carbocycles. The number of fused-ring (bicyclic) bond motifs is 1. The molecule has 1 N–H and O–H groups in total. The first-order valence-electron chi connectivity index (χ1n) is 6.95. The summed E-state index contributed by atoms with van der Waals surface area (Å²) in [6.07, 6.45) is 2.50. The highest BCUT2D eigenvalue weighted by Crippen LogP contribution is 2.34. The van der Waals surface area contributed by atoms with Crippen LogP contribution in [0.2, 0.25) is 0 Å². The molecule has 0 amide bonds. The lowest BCUT2D eigenvalue weighted by atomic mass is 10.0. The molecule has 1 atom stereocenters. The van der Waals surface area contributed by atoms with Crippen LogP contribution in [0.25, 0.3) is 0 Å². The van der Waals surface area contributed by atoms with Crippen molar-refractivity contribution in [3.63, 3.8) is 0 Å². The van der Waals surface area contributed by atoms with Gasteiger partial charge < -0.3 is 15.0 Å². The van der Waals surface area contributed by atoms with E-state index in [0.717, 1.165) is 28.9 Å². The summed E-state index contributed by atoms with van der Waals surface area (Å²) >= 11 is 0. The van der Waals surface area contributed by atoms with Crippen molar-refractivity contribution in [2.24, 2.45) is 4.99 Å². The molecule has 116 valence electrons. The van der Waals surface area contributed by atoms with Crippen molar-refractivity contribution < 1.29 is 9.72 Å². The SMILES string of the molecule is CN1C=Nc2ccc(Nc3ccc([N+](=O)[O-])cc3)cc2C1C=O. The summed E-state index contributed by atoms with van der Waals surface area (Å²) in [5, 5.41) is 13.8. The summed E-state index contributed by atoms with van der Waals surface area (Å²) in [5.74, 6) is 0. The molecule has 1 heterocycles. The van der Waals surface area contributed by atoms with E-state index in [2.05, 4.69) is 10.3 Å². The van der Waals surface area contributed by atoms with Crippen molar-refractivity contribution in [1.82, 2.24) is 4.90 Å². The van der Waals surface area contributed by atoms with Crippen molar-refractivity contribution in [3.05, 3.63) is 58.1 Å². The number of hydrogen-bond donors (Lipinski definition) is 1. The largest absolute Gasteiger partial charge is 0.356 e. The Morgan fingerprint density at radius 2 is 1.91 bits per heavy atom. The van der Waals surface area contributed by atoms with Crippen LogP contribution in [0.4, 0.5) is 22.7 Å². The molecule has 1 aliphatic heterocycles. The average molecular weight is 310 g/mol. The Morgan fingerprint density at radius 1 is 1.22 bits per heavy atom. The number of rotatable bonds is 4. The molecule has 1 unspecified atom stereocenters. The fourth-order valence-electron chi connectivity index (χ4n) is 2.43. The van der Waals surface area contributed by atoms with E-state index in [1.54, 1.807) is 30.4 Å². The lowest BCUT2D eigenvalue weighted by Crippen LogP contribution is -2.26. The number of hydrogen-bond acceptors (Lipinski definition) is 6. The van der Waals surface area contributed by atoms with Crippen LogP contribution in [0.15, 0.2) is 47.5 Å². The molecule has 23 heavy (non-hydrogen) atoms. The van der Waals surface area contributed by atoms with Gasteiger partial charge in [0.05, 0.1) is 16.9 Å². The molecule has 2 aromatic rings. The van der Waals surface area contributed by atoms with Crippen LogP contribution in [0.1, 0.15) is 11.6 Å². The van der Waals surface area contributed by atoms with Gasteiger partial charge >= 0.3 is 0 Å². The fraction of sp³-hybridized carbons (Fsp3) is 0.125. The molecule has 0 saturated heterocycles. The highest BCUT2D eigenvalue weighted by Gasteiger charge is 2.21. The van der Waals surface area contributed by atoms with E-state index in [9.17, 15) is 14.9 Å². The summed E-state index contributed by atoms with van der Waals surface area (Å²) in [4.78, 5) is 27.6. The van der Waals surface area contributed by atoms with Crippen molar-refractivity contribution in [2.45, 2.75) is 6.04 Å². The first-order valence-corrected chi connectivity index (χ1v) is 6.95. The number of likely N-dealkylation sites (N-methyl/N-ethyl adjacent to an activating group) is 1. The third-order valence-electron chi connectivity index (χ3n) is 3.66. The Bertz CT molecular complexity index is 786. The molecule has 0 bridgehead atoms. The van der Waals surface area contributed by atoms with E-state index in [0.29, 0.717) is 0 Å². The molecule has 0 aromatic heterocycles. The van der Waals surface area contributed by atoms with Crippen LogP contribution in [0.3, 0.4) is 0 Å². The normalized spacial score (nSPS) is 15.9. The van der Waals surface area contributed by atoms with E-state index >= 15 is 0 Å². The van der Waals surface area contributed by atoms with Crippen molar-refractivity contribution in [1.29, 1.82) is 0 Å². The van der Waals surface area contributed by atoms with Crippen molar-refractivity contribution >= 4 is 35.4 Å². The zero-order valence-electron chi connectivity index (χ0n) is 12.3. The summed E-state index contributed by atoms with van der Waals surface area (Å²) in [6.45, 7) is 0. The summed E-state index contributed by atoms with van der Waals surface area (Å²) in [5.41, 5.74) is 3.13. The van der Waals surface area contributed by atoms with Crippen LogP contribution < -0.4 is 5.32 Å². The predicted octanol–water partition coefficient (Wildman–Crippen LogP) is 3.18. The van der Waals surface area contributed by atoms with Crippen LogP contribution in [0, 0.1) is 10.1 Å². The van der Waals surface area contributed by atoms with E-state index in [1.165, 1.54) is 12.1 Å². The van der Waals surface area contributed by atoms with Crippen LogP contribution in [-0.2, 0) is 4.79 Å². The molecule has 7 heteroatoms. The fourth-order valence-corrected chi connectivity index (χ4v) is 2.43. The van der Waals surface area contributed by atoms with Gasteiger partial charge in [-0.05, 0) is 30.3 Å². The van der Waals surface area contributed by atoms with Crippen molar-refractivity contribution in [2.75, 3.05) is 12.4 Å². The van der Waals surface area contributed by atoms with Gasteiger partial charge in [-0.1, -0.05) is 0 Å². The van der Waals surface area contributed by atoms with Gasteiger partial charge in [0.1, 0.15) is 12.3 Å². The molecule has 1 aliphatic rings. The molecule has 7 nitrogen and oxygen atoms in total. The van der Waals surface area contributed by atoms with Crippen LogP contribution in [-0.4, -0.2) is 29.5 Å². The quantitative estimate of drug-likeness (QED) is 0.532. The third-order valence-corrected chi connectivity index (χ3v) is 3.66. The smallest absolute Gasteiger partial charge is 0.269 e. The van der Waals surface area contributed by atoms with Gasteiger partial charge in [0.25, 0.3) is 5.69 Å². The Morgan fingerprint density at radius 3 is 2.57 bits per heavy atom. The minimum Gasteiger partial charge on any atom is -0.356 e. The lowest BCUT2D eigenvalue weighted by Gasteiger charge is -2.27. The maximum Gasteiger partial charge on any atom is 0.269 e. The standard InChI is InChI=1S/C16H14N4O3/c1-19-10-17-15-7-4-12(8-14(15)16(19)9-21)18-11-2-5-13(6-3-11)20(22)23/h2-10,16,18H,1H3. The maximum atomic E-state index is 11.3. The Balaban J connectivity index is 1.87. The molecule has 2 aromatic carbocycles. The number of anilines is 2. The molecule has 0 spiro atoms. The van der Waals surface area contributed by atoms with Crippen LogP contribution >= 0.6 is 0 Å². The number of carbonyl (C=O) groups is 1. The van der Waals surface area contributed by atoms with E-state index < -0.39 is 4.92 Å². The molecular weight excluding hydrogens is 296 g/mol. The summed E-state index contributed by atoms with van der Waals surface area (Å²) in [7, 11) is 1.79. The number of nitro benzene ring substituents is 1. The number of benzene rings is 2. The molecule has 0 saturated carbocycles. The minimum atomic E-state index is -0.439. The number of aldehydes is 1. The number of aliphatic imine (C=N–C) groups is 1. The number of nitrogens with one attached hydrogen (secondary N) is 1. The van der Waals surface area contributed by atoms with Gasteiger partial charge in [0.2, 0.25) is 0 Å². The van der Waals surface area contributed by atoms with Gasteiger partial charge in [-0.15, -0.1) is 0 Å². The Labute approximate surface area is 132 Å². The number of nitro groups is 1. The predicted molar refractivity (Wildman–Crippen MR) is 87.5 cm³/mol. The third kappa shape index (κ3) is 2.89. The number of non-ortho nitro benzene ring substituents is 1. The lowest BCUT2D eigenvalue weighted by molar-refractivity contribution is -0.384. The van der Waals surface area contributed by atoms with Crippen LogP contribution in [0.5, 0.6) is 0 Å². The van der Waals surface area contributed by atoms with Gasteiger partial charge in [0, 0.05) is 36.1 Å². The van der Waals surface area contributed by atoms with Gasteiger partial charge in [-0.25, -0.2) is 4.99 Å². The average Bonchev–Trinajstić information content (AvgIpc) is 2.55. The maximum absolute atomic E-state index is 11.3. The molecule has 3 rings (SSSR count). The van der Waals surface area contributed by atoms with Gasteiger partial charge in [0.15, 0.2) is 0 Å². The monoisotopic (exact) mass is 310 g/mol. The zero-order chi connectivity index (χ0) is 16.4. The first kappa shape index (κ1) is 14.7. The number of nitrogens with zero attached hydrogens (tertiary/aromatic N) is 3. The van der Waals surface area contributed by atoms with E-state index in [1.807, 2.05) is 18.2 Å². The molecular formula is C16H14N4O3. The highest BCUT2D eigenvalue weighted by molar-refractivity contribution is 5.79.